The van der Waals surface area contributed by atoms with E-state index in [0.717, 1.165) is 10.7 Å². The SMILES string of the molecule is CC(C)c1nc(C(=O)N2CCOC[C@@H]2c2cccn2C)cs1. The summed E-state index contributed by atoms with van der Waals surface area (Å²) in [4.78, 5) is 19.2. The second-order valence-corrected chi connectivity index (χ2v) is 6.75. The van der Waals surface area contributed by atoms with Crippen molar-refractivity contribution in [3.63, 3.8) is 0 Å². The number of carbonyl (C=O) groups is 1. The van der Waals surface area contributed by atoms with Gasteiger partial charge in [0.05, 0.1) is 24.3 Å². The van der Waals surface area contributed by atoms with Crippen molar-refractivity contribution in [3.05, 3.63) is 40.1 Å². The summed E-state index contributed by atoms with van der Waals surface area (Å²) in [5, 5.41) is 2.88. The number of nitrogens with zero attached hydrogens (tertiary/aromatic N) is 3. The van der Waals surface area contributed by atoms with E-state index in [4.69, 9.17) is 4.74 Å². The zero-order valence-corrected chi connectivity index (χ0v) is 14.0. The molecule has 2 aromatic heterocycles. The Kier molecular flexibility index (Phi) is 4.31. The fourth-order valence-corrected chi connectivity index (χ4v) is 3.52. The molecule has 22 heavy (non-hydrogen) atoms. The largest absolute Gasteiger partial charge is 0.377 e. The number of carbonyl (C=O) groups excluding carboxylic acids is 1. The van der Waals surface area contributed by atoms with Crippen LogP contribution in [0.2, 0.25) is 0 Å². The van der Waals surface area contributed by atoms with Gasteiger partial charge in [-0.3, -0.25) is 4.79 Å². The summed E-state index contributed by atoms with van der Waals surface area (Å²) in [5.41, 5.74) is 1.64. The van der Waals surface area contributed by atoms with Crippen LogP contribution < -0.4 is 0 Å². The zero-order chi connectivity index (χ0) is 15.7. The number of thiazole rings is 1. The highest BCUT2D eigenvalue weighted by molar-refractivity contribution is 7.09. The summed E-state index contributed by atoms with van der Waals surface area (Å²) in [7, 11) is 1.99. The van der Waals surface area contributed by atoms with E-state index in [1.807, 2.05) is 40.2 Å². The van der Waals surface area contributed by atoms with E-state index in [1.54, 1.807) is 11.3 Å². The molecule has 0 bridgehead atoms. The Balaban J connectivity index is 1.86. The van der Waals surface area contributed by atoms with E-state index < -0.39 is 0 Å². The molecule has 1 aliphatic heterocycles. The molecule has 0 aromatic carbocycles. The van der Waals surface area contributed by atoms with Crippen molar-refractivity contribution in [1.29, 1.82) is 0 Å². The molecule has 0 N–H and O–H groups in total. The summed E-state index contributed by atoms with van der Waals surface area (Å²) >= 11 is 1.56. The molecule has 0 aliphatic carbocycles. The van der Waals surface area contributed by atoms with Gasteiger partial charge in [-0.1, -0.05) is 13.8 Å². The van der Waals surface area contributed by atoms with Crippen LogP contribution in [0.25, 0.3) is 0 Å². The number of morpholine rings is 1. The standard InChI is InChI=1S/C16H21N3O2S/c1-11(2)15-17-12(10-22-15)16(20)19-7-8-21-9-14(19)13-5-4-6-18(13)3/h4-6,10-11,14H,7-9H2,1-3H3/t14-/m1/s1. The summed E-state index contributed by atoms with van der Waals surface area (Å²) in [5.74, 6) is 0.345. The summed E-state index contributed by atoms with van der Waals surface area (Å²) in [6, 6.07) is 3.98. The lowest BCUT2D eigenvalue weighted by Crippen LogP contribution is -2.44. The molecule has 0 radical (unpaired) electrons. The molecule has 0 unspecified atom stereocenters. The molecule has 3 rings (SSSR count). The van der Waals surface area contributed by atoms with Gasteiger partial charge in [0, 0.05) is 36.8 Å². The lowest BCUT2D eigenvalue weighted by atomic mass is 10.1. The van der Waals surface area contributed by atoms with Gasteiger partial charge >= 0.3 is 0 Å². The highest BCUT2D eigenvalue weighted by Crippen LogP contribution is 2.27. The topological polar surface area (TPSA) is 47.4 Å². The minimum absolute atomic E-state index is 0.00218. The smallest absolute Gasteiger partial charge is 0.274 e. The van der Waals surface area contributed by atoms with Crippen molar-refractivity contribution >= 4 is 17.2 Å². The lowest BCUT2D eigenvalue weighted by Gasteiger charge is -2.35. The van der Waals surface area contributed by atoms with Crippen molar-refractivity contribution in [2.75, 3.05) is 19.8 Å². The molecule has 6 heteroatoms. The Hall–Kier alpha value is -1.66. The quantitative estimate of drug-likeness (QED) is 0.874. The maximum atomic E-state index is 12.9. The van der Waals surface area contributed by atoms with Crippen LogP contribution in [0, 0.1) is 0 Å². The summed E-state index contributed by atoms with van der Waals surface area (Å²) in [6.45, 7) is 5.89. The van der Waals surface area contributed by atoms with Crippen LogP contribution in [0.15, 0.2) is 23.7 Å². The van der Waals surface area contributed by atoms with Gasteiger partial charge in [-0.15, -0.1) is 11.3 Å². The highest BCUT2D eigenvalue weighted by Gasteiger charge is 2.31. The molecule has 118 valence electrons. The summed E-state index contributed by atoms with van der Waals surface area (Å²) in [6.07, 6.45) is 1.99. The third kappa shape index (κ3) is 2.80. The van der Waals surface area contributed by atoms with Gasteiger partial charge in [0.2, 0.25) is 0 Å². The monoisotopic (exact) mass is 319 g/mol. The van der Waals surface area contributed by atoms with Gasteiger partial charge in [0.1, 0.15) is 5.69 Å². The molecule has 0 saturated carbocycles. The number of aromatic nitrogens is 2. The third-order valence-electron chi connectivity index (χ3n) is 3.95. The molecule has 1 atom stereocenters. The predicted octanol–water partition coefficient (Wildman–Crippen LogP) is 2.82. The molecule has 1 aliphatic rings. The average molecular weight is 319 g/mol. The molecule has 5 nitrogen and oxygen atoms in total. The second-order valence-electron chi connectivity index (χ2n) is 5.86. The Bertz CT molecular complexity index is 662. The zero-order valence-electron chi connectivity index (χ0n) is 13.2. The van der Waals surface area contributed by atoms with Crippen molar-refractivity contribution in [2.24, 2.45) is 7.05 Å². The Morgan fingerprint density at radius 1 is 1.50 bits per heavy atom. The minimum Gasteiger partial charge on any atom is -0.377 e. The van der Waals surface area contributed by atoms with Gasteiger partial charge < -0.3 is 14.2 Å². The van der Waals surface area contributed by atoms with E-state index >= 15 is 0 Å². The maximum Gasteiger partial charge on any atom is 0.274 e. The first-order valence-corrected chi connectivity index (χ1v) is 8.41. The van der Waals surface area contributed by atoms with E-state index in [9.17, 15) is 4.79 Å². The van der Waals surface area contributed by atoms with Gasteiger partial charge in [-0.05, 0) is 12.1 Å². The number of ether oxygens (including phenoxy) is 1. The first-order valence-electron chi connectivity index (χ1n) is 7.53. The molecule has 1 amide bonds. The highest BCUT2D eigenvalue weighted by atomic mass is 32.1. The molecular weight excluding hydrogens is 298 g/mol. The van der Waals surface area contributed by atoms with E-state index in [-0.39, 0.29) is 11.9 Å². The van der Waals surface area contributed by atoms with Crippen molar-refractivity contribution in [3.8, 4) is 0 Å². The minimum atomic E-state index is -0.0505. The van der Waals surface area contributed by atoms with Crippen molar-refractivity contribution in [2.45, 2.75) is 25.8 Å². The van der Waals surface area contributed by atoms with Crippen LogP contribution in [-0.4, -0.2) is 40.1 Å². The first-order chi connectivity index (χ1) is 10.6. The predicted molar refractivity (Wildman–Crippen MR) is 86.2 cm³/mol. The Labute approximate surface area is 134 Å². The molecule has 1 fully saturated rings. The first kappa shape index (κ1) is 15.2. The lowest BCUT2D eigenvalue weighted by molar-refractivity contribution is -0.00490. The molecule has 0 spiro atoms. The number of hydrogen-bond donors (Lipinski definition) is 0. The third-order valence-corrected chi connectivity index (χ3v) is 5.09. The van der Waals surface area contributed by atoms with E-state index in [1.165, 1.54) is 0 Å². The average Bonchev–Trinajstić information content (AvgIpc) is 3.15. The Morgan fingerprint density at radius 2 is 2.32 bits per heavy atom. The maximum absolute atomic E-state index is 12.9. The van der Waals surface area contributed by atoms with Gasteiger partial charge in [0.25, 0.3) is 5.91 Å². The van der Waals surface area contributed by atoms with Crippen LogP contribution in [0.5, 0.6) is 0 Å². The normalized spacial score (nSPS) is 18.9. The van der Waals surface area contributed by atoms with Crippen LogP contribution in [0.3, 0.4) is 0 Å². The van der Waals surface area contributed by atoms with Gasteiger partial charge in [-0.2, -0.15) is 0 Å². The Morgan fingerprint density at radius 3 is 2.95 bits per heavy atom. The van der Waals surface area contributed by atoms with Crippen LogP contribution in [-0.2, 0) is 11.8 Å². The fraction of sp³-hybridized carbons (Fsp3) is 0.500. The fourth-order valence-electron chi connectivity index (χ4n) is 2.71. The van der Waals surface area contributed by atoms with Crippen LogP contribution in [0.1, 0.15) is 47.0 Å². The second kappa shape index (κ2) is 6.22. The number of amides is 1. The van der Waals surface area contributed by atoms with Crippen molar-refractivity contribution in [1.82, 2.24) is 14.5 Å². The number of hydrogen-bond acceptors (Lipinski definition) is 4. The molecule has 2 aromatic rings. The van der Waals surface area contributed by atoms with Crippen LogP contribution >= 0.6 is 11.3 Å². The van der Waals surface area contributed by atoms with Crippen LogP contribution in [0.4, 0.5) is 0 Å². The van der Waals surface area contributed by atoms with Gasteiger partial charge in [-0.25, -0.2) is 4.98 Å². The van der Waals surface area contributed by atoms with E-state index in [0.29, 0.717) is 31.4 Å². The molecule has 3 heterocycles. The van der Waals surface area contributed by atoms with Gasteiger partial charge in [0.15, 0.2) is 0 Å². The number of aryl methyl sites for hydroxylation is 1. The summed E-state index contributed by atoms with van der Waals surface area (Å²) < 4.78 is 7.64. The van der Waals surface area contributed by atoms with Crippen molar-refractivity contribution < 1.29 is 9.53 Å². The number of rotatable bonds is 3. The molecule has 1 saturated heterocycles. The molecular formula is C16H21N3O2S. The van der Waals surface area contributed by atoms with E-state index in [2.05, 4.69) is 18.8 Å².